The van der Waals surface area contributed by atoms with Crippen molar-refractivity contribution in [2.45, 2.75) is 19.3 Å². The lowest BCUT2D eigenvalue weighted by Crippen LogP contribution is -2.35. The fourth-order valence-electron chi connectivity index (χ4n) is 2.98. The van der Waals surface area contributed by atoms with Crippen LogP contribution in [0.25, 0.3) is 0 Å². The quantitative estimate of drug-likeness (QED) is 0.920. The van der Waals surface area contributed by atoms with Crippen LogP contribution in [0.2, 0.25) is 0 Å². The molecule has 1 saturated heterocycles. The Morgan fingerprint density at radius 2 is 2.05 bits per heavy atom. The van der Waals surface area contributed by atoms with Crippen molar-refractivity contribution >= 4 is 5.69 Å². The fourth-order valence-corrected chi connectivity index (χ4v) is 2.98. The molecule has 0 radical (unpaired) electrons. The molecular weight excluding hydrogens is 252 g/mol. The number of hydrogen-bond acceptors (Lipinski definition) is 4. The van der Waals surface area contributed by atoms with E-state index in [2.05, 4.69) is 29.4 Å². The minimum absolute atomic E-state index is 0.740. The molecule has 0 aromatic heterocycles. The molecule has 0 amide bonds. The number of nitrogens with one attached hydrogen (secondary N) is 1. The number of benzene rings is 1. The topological polar surface area (TPSA) is 33.7 Å². The van der Waals surface area contributed by atoms with Gasteiger partial charge < -0.3 is 19.7 Å². The second-order valence-corrected chi connectivity index (χ2v) is 5.86. The summed E-state index contributed by atoms with van der Waals surface area (Å²) >= 11 is 0. The van der Waals surface area contributed by atoms with Crippen molar-refractivity contribution in [3.8, 4) is 11.5 Å². The number of nitrogens with zero attached hydrogens (tertiary/aromatic N) is 1. The summed E-state index contributed by atoms with van der Waals surface area (Å²) < 4.78 is 11.4. The number of anilines is 1. The summed E-state index contributed by atoms with van der Waals surface area (Å²) in [5.74, 6) is 2.48. The zero-order valence-corrected chi connectivity index (χ0v) is 12.2. The van der Waals surface area contributed by atoms with E-state index in [1.807, 2.05) is 6.07 Å². The van der Waals surface area contributed by atoms with Crippen molar-refractivity contribution < 1.29 is 9.47 Å². The second kappa shape index (κ2) is 6.35. The number of piperidine rings is 1. The summed E-state index contributed by atoms with van der Waals surface area (Å²) in [6, 6.07) is 6.16. The van der Waals surface area contributed by atoms with E-state index < -0.39 is 0 Å². The average Bonchev–Trinajstić information content (AvgIpc) is 2.70. The maximum absolute atomic E-state index is 5.72. The van der Waals surface area contributed by atoms with Gasteiger partial charge in [0.1, 0.15) is 0 Å². The molecule has 20 heavy (non-hydrogen) atoms. The molecule has 4 heteroatoms. The molecule has 0 bridgehead atoms. The van der Waals surface area contributed by atoms with Gasteiger partial charge in [-0.3, -0.25) is 0 Å². The van der Waals surface area contributed by atoms with Crippen LogP contribution in [0.15, 0.2) is 18.2 Å². The monoisotopic (exact) mass is 276 g/mol. The first-order valence-corrected chi connectivity index (χ1v) is 7.63. The van der Waals surface area contributed by atoms with Crippen LogP contribution in [0.4, 0.5) is 5.69 Å². The lowest BCUT2D eigenvalue weighted by molar-refractivity contribution is 0.217. The minimum Gasteiger partial charge on any atom is -0.490 e. The summed E-state index contributed by atoms with van der Waals surface area (Å²) in [4.78, 5) is 2.42. The first kappa shape index (κ1) is 13.6. The van der Waals surface area contributed by atoms with Crippen molar-refractivity contribution in [3.63, 3.8) is 0 Å². The summed E-state index contributed by atoms with van der Waals surface area (Å²) in [6.45, 7) is 4.94. The van der Waals surface area contributed by atoms with E-state index in [9.17, 15) is 0 Å². The number of likely N-dealkylation sites (tertiary alicyclic amines) is 1. The molecular formula is C16H24N2O2. The molecule has 2 aliphatic rings. The van der Waals surface area contributed by atoms with E-state index >= 15 is 0 Å². The van der Waals surface area contributed by atoms with Crippen LogP contribution in [-0.4, -0.2) is 44.8 Å². The molecule has 1 aromatic rings. The van der Waals surface area contributed by atoms with E-state index in [0.717, 1.165) is 49.3 Å². The zero-order valence-electron chi connectivity index (χ0n) is 12.2. The Morgan fingerprint density at radius 1 is 1.20 bits per heavy atom. The Balaban J connectivity index is 1.59. The van der Waals surface area contributed by atoms with Gasteiger partial charge in [0.05, 0.1) is 13.2 Å². The minimum atomic E-state index is 0.740. The van der Waals surface area contributed by atoms with Crippen LogP contribution in [-0.2, 0) is 0 Å². The van der Waals surface area contributed by atoms with Gasteiger partial charge in [0.25, 0.3) is 0 Å². The fraction of sp³-hybridized carbons (Fsp3) is 0.625. The summed E-state index contributed by atoms with van der Waals surface area (Å²) in [5.41, 5.74) is 1.13. The van der Waals surface area contributed by atoms with Gasteiger partial charge in [-0.25, -0.2) is 0 Å². The van der Waals surface area contributed by atoms with Gasteiger partial charge in [0.2, 0.25) is 0 Å². The third-order valence-corrected chi connectivity index (χ3v) is 4.06. The Hall–Kier alpha value is -1.42. The van der Waals surface area contributed by atoms with Gasteiger partial charge in [-0.1, -0.05) is 0 Å². The molecule has 1 fully saturated rings. The number of ether oxygens (including phenoxy) is 2. The summed E-state index contributed by atoms with van der Waals surface area (Å²) in [5, 5.41) is 3.54. The van der Waals surface area contributed by atoms with Gasteiger partial charge in [-0.05, 0) is 44.5 Å². The highest BCUT2D eigenvalue weighted by Gasteiger charge is 2.17. The molecule has 3 rings (SSSR count). The third-order valence-electron chi connectivity index (χ3n) is 4.06. The van der Waals surface area contributed by atoms with Crippen molar-refractivity contribution in [2.75, 3.05) is 45.2 Å². The predicted molar refractivity (Wildman–Crippen MR) is 80.8 cm³/mol. The van der Waals surface area contributed by atoms with Crippen LogP contribution in [0.3, 0.4) is 0 Å². The van der Waals surface area contributed by atoms with E-state index in [1.165, 1.54) is 25.9 Å². The van der Waals surface area contributed by atoms with Gasteiger partial charge in [-0.15, -0.1) is 0 Å². The normalized spacial score (nSPS) is 23.1. The molecule has 110 valence electrons. The van der Waals surface area contributed by atoms with E-state index in [-0.39, 0.29) is 0 Å². The Labute approximate surface area is 121 Å². The van der Waals surface area contributed by atoms with Crippen LogP contribution >= 0.6 is 0 Å². The van der Waals surface area contributed by atoms with E-state index in [0.29, 0.717) is 0 Å². The van der Waals surface area contributed by atoms with Crippen molar-refractivity contribution in [1.29, 1.82) is 0 Å². The molecule has 1 unspecified atom stereocenters. The van der Waals surface area contributed by atoms with Crippen LogP contribution in [0, 0.1) is 5.92 Å². The lowest BCUT2D eigenvalue weighted by Gasteiger charge is -2.30. The van der Waals surface area contributed by atoms with Gasteiger partial charge in [0.15, 0.2) is 11.5 Å². The van der Waals surface area contributed by atoms with Gasteiger partial charge in [-0.2, -0.15) is 0 Å². The second-order valence-electron chi connectivity index (χ2n) is 5.86. The predicted octanol–water partition coefficient (Wildman–Crippen LogP) is 2.60. The SMILES string of the molecule is CN1CCCC(CNc2ccc3c(c2)OCCCO3)C1. The maximum atomic E-state index is 5.72. The highest BCUT2D eigenvalue weighted by Crippen LogP contribution is 2.32. The van der Waals surface area contributed by atoms with Crippen molar-refractivity contribution in [3.05, 3.63) is 18.2 Å². The average molecular weight is 276 g/mol. The zero-order chi connectivity index (χ0) is 13.8. The highest BCUT2D eigenvalue weighted by atomic mass is 16.5. The van der Waals surface area contributed by atoms with Crippen molar-refractivity contribution in [2.24, 2.45) is 5.92 Å². The van der Waals surface area contributed by atoms with Gasteiger partial charge in [0, 0.05) is 31.3 Å². The largest absolute Gasteiger partial charge is 0.490 e. The van der Waals surface area contributed by atoms with Crippen LogP contribution < -0.4 is 14.8 Å². The van der Waals surface area contributed by atoms with E-state index in [4.69, 9.17) is 9.47 Å². The first-order valence-electron chi connectivity index (χ1n) is 7.63. The van der Waals surface area contributed by atoms with E-state index in [1.54, 1.807) is 0 Å². The molecule has 0 saturated carbocycles. The Morgan fingerprint density at radius 3 is 2.90 bits per heavy atom. The molecule has 1 aromatic carbocycles. The smallest absolute Gasteiger partial charge is 0.163 e. The highest BCUT2D eigenvalue weighted by molar-refractivity contribution is 5.55. The molecule has 2 heterocycles. The van der Waals surface area contributed by atoms with Gasteiger partial charge >= 0.3 is 0 Å². The molecule has 2 aliphatic heterocycles. The molecule has 0 spiro atoms. The number of hydrogen-bond donors (Lipinski definition) is 1. The van der Waals surface area contributed by atoms with Crippen molar-refractivity contribution in [1.82, 2.24) is 4.90 Å². The molecule has 1 N–H and O–H groups in total. The summed E-state index contributed by atoms with van der Waals surface area (Å²) in [7, 11) is 2.21. The van der Waals surface area contributed by atoms with Crippen LogP contribution in [0.5, 0.6) is 11.5 Å². The number of fused-ring (bicyclic) bond motifs is 1. The lowest BCUT2D eigenvalue weighted by atomic mass is 9.98. The molecule has 4 nitrogen and oxygen atoms in total. The standard InChI is InChI=1S/C16H24N2O2/c1-18-7-2-4-13(12-18)11-17-14-5-6-15-16(10-14)20-9-3-8-19-15/h5-6,10,13,17H,2-4,7-9,11-12H2,1H3. The molecule has 1 atom stereocenters. The Bertz CT molecular complexity index is 450. The first-order chi connectivity index (χ1) is 9.81. The number of rotatable bonds is 3. The third kappa shape index (κ3) is 3.37. The maximum Gasteiger partial charge on any atom is 0.163 e. The Kier molecular flexibility index (Phi) is 4.31. The molecule has 0 aliphatic carbocycles. The van der Waals surface area contributed by atoms with Crippen LogP contribution in [0.1, 0.15) is 19.3 Å². The summed E-state index contributed by atoms with van der Waals surface area (Å²) in [6.07, 6.45) is 3.58.